The predicted molar refractivity (Wildman–Crippen MR) is 135 cm³/mol. The molecule has 6 nitrogen and oxygen atoms in total. The molecular formula is C27H31N5O. The number of hydrogen-bond acceptors (Lipinski definition) is 5. The third kappa shape index (κ3) is 3.80. The molecule has 0 spiro atoms. The van der Waals surface area contributed by atoms with Gasteiger partial charge in [-0.1, -0.05) is 30.3 Å². The van der Waals surface area contributed by atoms with Gasteiger partial charge in [0.2, 0.25) is 0 Å². The smallest absolute Gasteiger partial charge is 0.165 e. The molecule has 1 fully saturated rings. The minimum Gasteiger partial charge on any atom is -0.496 e. The summed E-state index contributed by atoms with van der Waals surface area (Å²) in [6, 6.07) is 16.9. The van der Waals surface area contributed by atoms with E-state index in [1.165, 1.54) is 16.8 Å². The third-order valence-electron chi connectivity index (χ3n) is 6.56. The standard InChI is InChI=1S/C27H31N5O/c1-18-10-11-19(2)23(16-18)30-12-14-31(15-13-30)25-17-20(3)28-27-26(21(4)29-32(25)27)22-8-6-7-9-24(22)33-5/h6-11,16-17H,12-15H2,1-5H3. The van der Waals surface area contributed by atoms with Gasteiger partial charge in [-0.2, -0.15) is 9.61 Å². The van der Waals surface area contributed by atoms with E-state index >= 15 is 0 Å². The number of methoxy groups -OCH3 is 1. The monoisotopic (exact) mass is 441 g/mol. The maximum atomic E-state index is 5.64. The summed E-state index contributed by atoms with van der Waals surface area (Å²) in [6.45, 7) is 12.3. The number of aryl methyl sites for hydroxylation is 4. The lowest BCUT2D eigenvalue weighted by atomic mass is 10.1. The molecular weight excluding hydrogens is 410 g/mol. The van der Waals surface area contributed by atoms with Gasteiger partial charge < -0.3 is 14.5 Å². The highest BCUT2D eigenvalue weighted by Gasteiger charge is 2.24. The number of rotatable bonds is 4. The number of para-hydroxylation sites is 1. The molecule has 3 heterocycles. The second kappa shape index (κ2) is 8.43. The summed E-state index contributed by atoms with van der Waals surface area (Å²) in [6.07, 6.45) is 0. The van der Waals surface area contributed by atoms with E-state index in [-0.39, 0.29) is 0 Å². The van der Waals surface area contributed by atoms with Crippen molar-refractivity contribution < 1.29 is 4.74 Å². The average Bonchev–Trinajstić information content (AvgIpc) is 3.15. The van der Waals surface area contributed by atoms with Crippen LogP contribution in [0.15, 0.2) is 48.5 Å². The van der Waals surface area contributed by atoms with Gasteiger partial charge in [-0.25, -0.2) is 4.98 Å². The Hall–Kier alpha value is -3.54. The van der Waals surface area contributed by atoms with Crippen molar-refractivity contribution in [2.75, 3.05) is 43.1 Å². The summed E-state index contributed by atoms with van der Waals surface area (Å²) in [7, 11) is 1.71. The molecule has 1 aliphatic rings. The number of nitrogens with zero attached hydrogens (tertiary/aromatic N) is 5. The summed E-state index contributed by atoms with van der Waals surface area (Å²) in [5.74, 6) is 1.94. The van der Waals surface area contributed by atoms with Crippen molar-refractivity contribution in [2.45, 2.75) is 27.7 Å². The Kier molecular flexibility index (Phi) is 5.44. The van der Waals surface area contributed by atoms with Crippen LogP contribution in [0.5, 0.6) is 5.75 Å². The van der Waals surface area contributed by atoms with Crippen molar-refractivity contribution in [1.29, 1.82) is 0 Å². The van der Waals surface area contributed by atoms with Gasteiger partial charge in [0.05, 0.1) is 18.4 Å². The number of piperazine rings is 1. The Morgan fingerprint density at radius 1 is 0.848 bits per heavy atom. The van der Waals surface area contributed by atoms with Gasteiger partial charge in [0.1, 0.15) is 11.6 Å². The van der Waals surface area contributed by atoms with Crippen LogP contribution in [0, 0.1) is 27.7 Å². The number of aromatic nitrogens is 3. The summed E-state index contributed by atoms with van der Waals surface area (Å²) in [5, 5.41) is 4.93. The highest BCUT2D eigenvalue weighted by molar-refractivity contribution is 5.84. The van der Waals surface area contributed by atoms with E-state index < -0.39 is 0 Å². The fraction of sp³-hybridized carbons (Fsp3) is 0.333. The molecule has 1 aliphatic heterocycles. The van der Waals surface area contributed by atoms with Crippen LogP contribution in [-0.2, 0) is 0 Å². The molecule has 0 radical (unpaired) electrons. The Balaban J connectivity index is 1.51. The molecule has 2 aromatic carbocycles. The topological polar surface area (TPSA) is 45.9 Å². The molecule has 0 saturated carbocycles. The van der Waals surface area contributed by atoms with E-state index in [0.717, 1.165) is 65.9 Å². The number of anilines is 2. The normalized spacial score (nSPS) is 14.2. The maximum Gasteiger partial charge on any atom is 0.165 e. The second-order valence-corrected chi connectivity index (χ2v) is 8.92. The average molecular weight is 442 g/mol. The van der Waals surface area contributed by atoms with E-state index in [9.17, 15) is 0 Å². The van der Waals surface area contributed by atoms with Crippen LogP contribution in [0.1, 0.15) is 22.5 Å². The van der Waals surface area contributed by atoms with Crippen molar-refractivity contribution in [3.05, 3.63) is 71.0 Å². The zero-order chi connectivity index (χ0) is 23.1. The second-order valence-electron chi connectivity index (χ2n) is 8.92. The van der Waals surface area contributed by atoms with Crippen LogP contribution < -0.4 is 14.5 Å². The van der Waals surface area contributed by atoms with E-state index in [4.69, 9.17) is 14.8 Å². The minimum atomic E-state index is 0.836. The number of ether oxygens (including phenoxy) is 1. The highest BCUT2D eigenvalue weighted by atomic mass is 16.5. The first-order valence-corrected chi connectivity index (χ1v) is 11.5. The van der Waals surface area contributed by atoms with Gasteiger partial charge in [-0.05, 0) is 51.0 Å². The third-order valence-corrected chi connectivity index (χ3v) is 6.56. The Labute approximate surface area is 195 Å². The molecule has 4 aromatic rings. The van der Waals surface area contributed by atoms with Crippen molar-refractivity contribution in [1.82, 2.24) is 14.6 Å². The molecule has 170 valence electrons. The molecule has 2 aromatic heterocycles. The number of fused-ring (bicyclic) bond motifs is 1. The van der Waals surface area contributed by atoms with Gasteiger partial charge in [0.25, 0.3) is 0 Å². The van der Waals surface area contributed by atoms with Crippen LogP contribution in [0.3, 0.4) is 0 Å². The predicted octanol–water partition coefficient (Wildman–Crippen LogP) is 4.97. The molecule has 5 rings (SSSR count). The zero-order valence-corrected chi connectivity index (χ0v) is 20.1. The molecule has 1 saturated heterocycles. The zero-order valence-electron chi connectivity index (χ0n) is 20.1. The SMILES string of the molecule is COc1ccccc1-c1c(C)nn2c(N3CCN(c4cc(C)ccc4C)CC3)cc(C)nc12. The first kappa shape index (κ1) is 21.3. The van der Waals surface area contributed by atoms with Gasteiger partial charge in [-0.3, -0.25) is 0 Å². The number of benzene rings is 2. The van der Waals surface area contributed by atoms with E-state index in [1.54, 1.807) is 7.11 Å². The van der Waals surface area contributed by atoms with Crippen molar-refractivity contribution in [3.8, 4) is 16.9 Å². The molecule has 0 N–H and O–H groups in total. The molecule has 0 aliphatic carbocycles. The Bertz CT molecular complexity index is 1320. The maximum absolute atomic E-state index is 5.64. The lowest BCUT2D eigenvalue weighted by Crippen LogP contribution is -2.47. The first-order chi connectivity index (χ1) is 16.0. The fourth-order valence-electron chi connectivity index (χ4n) is 4.85. The Morgan fingerprint density at radius 2 is 1.58 bits per heavy atom. The van der Waals surface area contributed by atoms with Crippen molar-refractivity contribution >= 4 is 17.2 Å². The molecule has 0 atom stereocenters. The van der Waals surface area contributed by atoms with E-state index in [2.05, 4.69) is 60.9 Å². The largest absolute Gasteiger partial charge is 0.496 e. The molecule has 0 unspecified atom stereocenters. The van der Waals surface area contributed by atoms with E-state index in [0.29, 0.717) is 0 Å². The highest BCUT2D eigenvalue weighted by Crippen LogP contribution is 2.36. The summed E-state index contributed by atoms with van der Waals surface area (Å²) >= 11 is 0. The Morgan fingerprint density at radius 3 is 2.33 bits per heavy atom. The van der Waals surface area contributed by atoms with Gasteiger partial charge >= 0.3 is 0 Å². The lowest BCUT2D eigenvalue weighted by molar-refractivity contribution is 0.416. The fourth-order valence-corrected chi connectivity index (χ4v) is 4.85. The van der Waals surface area contributed by atoms with Crippen LogP contribution >= 0.6 is 0 Å². The van der Waals surface area contributed by atoms with Gasteiger partial charge in [0, 0.05) is 49.2 Å². The molecule has 0 bridgehead atoms. The molecule has 33 heavy (non-hydrogen) atoms. The number of hydrogen-bond donors (Lipinski definition) is 0. The minimum absolute atomic E-state index is 0.836. The van der Waals surface area contributed by atoms with Crippen molar-refractivity contribution in [2.24, 2.45) is 0 Å². The summed E-state index contributed by atoms with van der Waals surface area (Å²) in [4.78, 5) is 9.83. The molecule has 0 amide bonds. The van der Waals surface area contributed by atoms with Gasteiger partial charge in [0.15, 0.2) is 5.65 Å². The van der Waals surface area contributed by atoms with Crippen molar-refractivity contribution in [3.63, 3.8) is 0 Å². The van der Waals surface area contributed by atoms with Crippen LogP contribution in [0.25, 0.3) is 16.8 Å². The van der Waals surface area contributed by atoms with Gasteiger partial charge in [-0.15, -0.1) is 0 Å². The van der Waals surface area contributed by atoms with Crippen LogP contribution in [-0.4, -0.2) is 47.9 Å². The summed E-state index contributed by atoms with van der Waals surface area (Å²) < 4.78 is 7.65. The van der Waals surface area contributed by atoms with Crippen LogP contribution in [0.2, 0.25) is 0 Å². The van der Waals surface area contributed by atoms with E-state index in [1.807, 2.05) is 29.6 Å². The summed E-state index contributed by atoms with van der Waals surface area (Å²) in [5.41, 5.74) is 8.87. The first-order valence-electron chi connectivity index (χ1n) is 11.5. The lowest BCUT2D eigenvalue weighted by Gasteiger charge is -2.38. The molecule has 6 heteroatoms. The van der Waals surface area contributed by atoms with Crippen LogP contribution in [0.4, 0.5) is 11.5 Å². The quantitative estimate of drug-likeness (QED) is 0.448.